The number of rotatable bonds is 6. The molecular weight excluding hydrogens is 361 g/mol. The molecule has 2 aromatic carbocycles. The predicted molar refractivity (Wildman–Crippen MR) is 104 cm³/mol. The van der Waals surface area contributed by atoms with E-state index in [-0.39, 0.29) is 11.9 Å². The van der Waals surface area contributed by atoms with Crippen LogP contribution >= 0.6 is 11.3 Å². The number of thiophene rings is 1. The van der Waals surface area contributed by atoms with Gasteiger partial charge in [-0.25, -0.2) is 4.39 Å². The Morgan fingerprint density at radius 2 is 1.85 bits per heavy atom. The van der Waals surface area contributed by atoms with Crippen LogP contribution in [-0.2, 0) is 6.54 Å². The third-order valence-corrected chi connectivity index (χ3v) is 5.20. The van der Waals surface area contributed by atoms with Crippen molar-refractivity contribution in [3.05, 3.63) is 93.8 Å². The molecule has 4 rings (SSSR count). The molecule has 0 saturated heterocycles. The average Bonchev–Trinajstić information content (AvgIpc) is 3.36. The summed E-state index contributed by atoms with van der Waals surface area (Å²) in [5, 5.41) is 9.56. The predicted octanol–water partition coefficient (Wildman–Crippen LogP) is 5.12. The van der Waals surface area contributed by atoms with Crippen LogP contribution in [0.3, 0.4) is 0 Å². The molecule has 6 heteroatoms. The van der Waals surface area contributed by atoms with Crippen LogP contribution in [0, 0.1) is 12.7 Å². The fourth-order valence-electron chi connectivity index (χ4n) is 2.83. The maximum Gasteiger partial charge on any atom is 0.240 e. The van der Waals surface area contributed by atoms with Gasteiger partial charge in [-0.3, -0.25) is 5.32 Å². The number of hydrogen-bond donors (Lipinski definition) is 1. The van der Waals surface area contributed by atoms with E-state index in [9.17, 15) is 4.39 Å². The van der Waals surface area contributed by atoms with Crippen molar-refractivity contribution in [3.63, 3.8) is 0 Å². The summed E-state index contributed by atoms with van der Waals surface area (Å²) in [6.45, 7) is 2.51. The van der Waals surface area contributed by atoms with E-state index in [0.29, 0.717) is 18.3 Å². The van der Waals surface area contributed by atoms with Gasteiger partial charge in [0.25, 0.3) is 0 Å². The Labute approximate surface area is 160 Å². The Balaban J connectivity index is 1.51. The van der Waals surface area contributed by atoms with E-state index in [1.54, 1.807) is 23.5 Å². The SMILES string of the molecule is Cc1ccc(C(NCc2nc(-c3ccc(F)cc3)no2)c2cccs2)cc1. The lowest BCUT2D eigenvalue weighted by Gasteiger charge is -2.17. The molecule has 136 valence electrons. The first-order valence-electron chi connectivity index (χ1n) is 8.61. The summed E-state index contributed by atoms with van der Waals surface area (Å²) in [6.07, 6.45) is 0. The van der Waals surface area contributed by atoms with E-state index in [1.165, 1.54) is 28.1 Å². The fraction of sp³-hybridized carbons (Fsp3) is 0.143. The topological polar surface area (TPSA) is 51.0 Å². The summed E-state index contributed by atoms with van der Waals surface area (Å²) in [5.74, 6) is 0.652. The van der Waals surface area contributed by atoms with Gasteiger partial charge in [0.15, 0.2) is 0 Å². The second kappa shape index (κ2) is 7.82. The summed E-state index contributed by atoms with van der Waals surface area (Å²) >= 11 is 1.70. The Kier molecular flexibility index (Phi) is 5.09. The molecule has 1 N–H and O–H groups in total. The first kappa shape index (κ1) is 17.6. The lowest BCUT2D eigenvalue weighted by molar-refractivity contribution is 0.363. The van der Waals surface area contributed by atoms with Crippen molar-refractivity contribution in [2.24, 2.45) is 0 Å². The Bertz CT molecular complexity index is 995. The highest BCUT2D eigenvalue weighted by molar-refractivity contribution is 7.10. The van der Waals surface area contributed by atoms with Gasteiger partial charge in [0.1, 0.15) is 5.82 Å². The molecule has 0 radical (unpaired) electrons. The van der Waals surface area contributed by atoms with Crippen molar-refractivity contribution >= 4 is 11.3 Å². The molecule has 1 atom stereocenters. The fourth-order valence-corrected chi connectivity index (χ4v) is 3.66. The third kappa shape index (κ3) is 4.13. The van der Waals surface area contributed by atoms with E-state index < -0.39 is 0 Å². The lowest BCUT2D eigenvalue weighted by atomic mass is 10.0. The minimum absolute atomic E-state index is 0.0479. The molecule has 0 aliphatic heterocycles. The largest absolute Gasteiger partial charge is 0.338 e. The summed E-state index contributed by atoms with van der Waals surface area (Å²) in [7, 11) is 0. The summed E-state index contributed by atoms with van der Waals surface area (Å²) < 4.78 is 18.4. The molecule has 0 aliphatic carbocycles. The normalized spacial score (nSPS) is 12.2. The highest BCUT2D eigenvalue weighted by Crippen LogP contribution is 2.27. The molecule has 0 amide bonds. The lowest BCUT2D eigenvalue weighted by Crippen LogP contribution is -2.21. The highest BCUT2D eigenvalue weighted by Gasteiger charge is 2.17. The first-order chi connectivity index (χ1) is 13.2. The standard InChI is InChI=1S/C21H18FN3OS/c1-14-4-6-15(7-5-14)20(18-3-2-12-27-18)23-13-19-24-21(25-26-19)16-8-10-17(22)11-9-16/h2-12,20,23H,13H2,1H3. The molecule has 27 heavy (non-hydrogen) atoms. The molecule has 2 heterocycles. The van der Waals surface area contributed by atoms with Crippen LogP contribution in [0.15, 0.2) is 70.6 Å². The van der Waals surface area contributed by atoms with E-state index >= 15 is 0 Å². The van der Waals surface area contributed by atoms with Gasteiger partial charge in [0.2, 0.25) is 11.7 Å². The number of aryl methyl sites for hydroxylation is 1. The van der Waals surface area contributed by atoms with Crippen LogP contribution < -0.4 is 5.32 Å². The molecule has 0 bridgehead atoms. The van der Waals surface area contributed by atoms with Gasteiger partial charge in [-0.1, -0.05) is 41.1 Å². The van der Waals surface area contributed by atoms with Gasteiger partial charge >= 0.3 is 0 Å². The number of aromatic nitrogens is 2. The van der Waals surface area contributed by atoms with Crippen molar-refractivity contribution in [1.82, 2.24) is 15.5 Å². The van der Waals surface area contributed by atoms with E-state index in [1.807, 2.05) is 6.07 Å². The number of hydrogen-bond acceptors (Lipinski definition) is 5. The molecule has 0 fully saturated rings. The zero-order valence-electron chi connectivity index (χ0n) is 14.7. The number of nitrogens with one attached hydrogen (secondary N) is 1. The second-order valence-corrected chi connectivity index (χ2v) is 7.24. The maximum atomic E-state index is 13.1. The third-order valence-electron chi connectivity index (χ3n) is 4.27. The summed E-state index contributed by atoms with van der Waals surface area (Å²) in [5.41, 5.74) is 3.13. The van der Waals surface area contributed by atoms with Crippen LogP contribution in [0.5, 0.6) is 0 Å². The first-order valence-corrected chi connectivity index (χ1v) is 9.49. The monoisotopic (exact) mass is 379 g/mol. The number of halogens is 1. The van der Waals surface area contributed by atoms with Gasteiger partial charge in [-0.2, -0.15) is 4.98 Å². The Hall–Kier alpha value is -2.83. The van der Waals surface area contributed by atoms with Crippen molar-refractivity contribution in [1.29, 1.82) is 0 Å². The van der Waals surface area contributed by atoms with E-state index in [0.717, 1.165) is 5.56 Å². The van der Waals surface area contributed by atoms with Crippen LogP contribution in [0.2, 0.25) is 0 Å². The summed E-state index contributed by atoms with van der Waals surface area (Å²) in [6, 6.07) is 18.7. The Morgan fingerprint density at radius 1 is 1.07 bits per heavy atom. The molecular formula is C21H18FN3OS. The van der Waals surface area contributed by atoms with Crippen LogP contribution in [0.4, 0.5) is 4.39 Å². The molecule has 0 aliphatic rings. The van der Waals surface area contributed by atoms with Gasteiger partial charge in [-0.15, -0.1) is 11.3 Å². The number of benzene rings is 2. The van der Waals surface area contributed by atoms with Crippen molar-refractivity contribution in [3.8, 4) is 11.4 Å². The molecule has 1 unspecified atom stereocenters. The zero-order chi connectivity index (χ0) is 18.6. The van der Waals surface area contributed by atoms with E-state index in [2.05, 4.69) is 58.1 Å². The molecule has 4 aromatic rings. The van der Waals surface area contributed by atoms with Crippen molar-refractivity contribution in [2.45, 2.75) is 19.5 Å². The minimum Gasteiger partial charge on any atom is -0.338 e. The smallest absolute Gasteiger partial charge is 0.240 e. The zero-order valence-corrected chi connectivity index (χ0v) is 15.5. The summed E-state index contributed by atoms with van der Waals surface area (Å²) in [4.78, 5) is 5.63. The van der Waals surface area contributed by atoms with Crippen LogP contribution in [-0.4, -0.2) is 10.1 Å². The van der Waals surface area contributed by atoms with Gasteiger partial charge in [0.05, 0.1) is 12.6 Å². The molecule has 0 saturated carbocycles. The van der Waals surface area contributed by atoms with Gasteiger partial charge < -0.3 is 4.52 Å². The molecule has 0 spiro atoms. The van der Waals surface area contributed by atoms with E-state index in [4.69, 9.17) is 4.52 Å². The number of nitrogens with zero attached hydrogens (tertiary/aromatic N) is 2. The highest BCUT2D eigenvalue weighted by atomic mass is 32.1. The minimum atomic E-state index is -0.291. The average molecular weight is 379 g/mol. The molecule has 4 nitrogen and oxygen atoms in total. The van der Waals surface area contributed by atoms with Crippen molar-refractivity contribution < 1.29 is 8.91 Å². The maximum absolute atomic E-state index is 13.1. The Morgan fingerprint density at radius 3 is 2.56 bits per heavy atom. The van der Waals surface area contributed by atoms with Crippen LogP contribution in [0.1, 0.15) is 27.9 Å². The molecule has 2 aromatic heterocycles. The second-order valence-electron chi connectivity index (χ2n) is 6.26. The van der Waals surface area contributed by atoms with Gasteiger partial charge in [0, 0.05) is 10.4 Å². The quantitative estimate of drug-likeness (QED) is 0.505. The van der Waals surface area contributed by atoms with Crippen molar-refractivity contribution in [2.75, 3.05) is 0 Å². The van der Waals surface area contributed by atoms with Crippen LogP contribution in [0.25, 0.3) is 11.4 Å². The van der Waals surface area contributed by atoms with Gasteiger partial charge in [-0.05, 0) is 48.2 Å².